The molecule has 0 aliphatic heterocycles. The molecule has 1 aromatic heterocycles. The van der Waals surface area contributed by atoms with Gasteiger partial charge in [-0.05, 0) is 75.3 Å². The van der Waals surface area contributed by atoms with Crippen LogP contribution >= 0.6 is 0 Å². The first-order chi connectivity index (χ1) is 16.4. The first-order valence-corrected chi connectivity index (χ1v) is 12.0. The zero-order valence-electron chi connectivity index (χ0n) is 19.5. The molecule has 0 atom stereocenters. The Morgan fingerprint density at radius 3 is 2.44 bits per heavy atom. The number of urea groups is 1. The number of benzene rings is 2. The van der Waals surface area contributed by atoms with E-state index in [1.165, 1.54) is 12.8 Å². The minimum absolute atomic E-state index is 0.0480. The predicted molar refractivity (Wildman–Crippen MR) is 133 cm³/mol. The number of rotatable bonds is 7. The second-order valence-corrected chi connectivity index (χ2v) is 9.70. The van der Waals surface area contributed by atoms with Crippen LogP contribution in [0.5, 0.6) is 0 Å². The number of anilines is 1. The summed E-state index contributed by atoms with van der Waals surface area (Å²) in [5.41, 5.74) is 4.61. The Kier molecular flexibility index (Phi) is 5.74. The molecule has 34 heavy (non-hydrogen) atoms. The third-order valence-electron chi connectivity index (χ3n) is 6.32. The highest BCUT2D eigenvalue weighted by molar-refractivity contribution is 6.02. The summed E-state index contributed by atoms with van der Waals surface area (Å²) in [6, 6.07) is 15.7. The quantitative estimate of drug-likeness (QED) is 0.467. The molecule has 0 unspecified atom stereocenters. The van der Waals surface area contributed by atoms with E-state index in [1.54, 1.807) is 0 Å². The lowest BCUT2D eigenvalue weighted by atomic mass is 10.0. The van der Waals surface area contributed by atoms with E-state index in [9.17, 15) is 14.9 Å². The van der Waals surface area contributed by atoms with Crippen LogP contribution in [0, 0.1) is 17.2 Å². The maximum Gasteiger partial charge on any atom is 0.319 e. The smallest absolute Gasteiger partial charge is 0.319 e. The maximum atomic E-state index is 12.7. The standard InChI is InChI=1S/C27H29N5O2/c1-16(2)29-27(34)31-21-8-5-18(6-9-21)25-23(14-28)22-12-7-19(26(33)30-20-10-11-20)13-24(22)32(25)15-17-3-4-17/h5-9,12-13,16-17,20H,3-4,10-11,15H2,1-2H3,(H,30,33)(H2,29,31,34). The fourth-order valence-corrected chi connectivity index (χ4v) is 4.29. The van der Waals surface area contributed by atoms with Gasteiger partial charge in [-0.2, -0.15) is 5.26 Å². The average Bonchev–Trinajstić information content (AvgIpc) is 3.73. The van der Waals surface area contributed by atoms with E-state index >= 15 is 0 Å². The normalized spacial score (nSPS) is 15.2. The number of carbonyl (C=O) groups excluding carboxylic acids is 2. The van der Waals surface area contributed by atoms with Gasteiger partial charge in [-0.1, -0.05) is 18.2 Å². The largest absolute Gasteiger partial charge is 0.349 e. The molecule has 2 fully saturated rings. The summed E-state index contributed by atoms with van der Waals surface area (Å²) in [5, 5.41) is 19.7. The van der Waals surface area contributed by atoms with E-state index in [1.807, 2.05) is 56.3 Å². The number of nitriles is 1. The van der Waals surface area contributed by atoms with Gasteiger partial charge in [0.1, 0.15) is 6.07 Å². The van der Waals surface area contributed by atoms with Crippen molar-refractivity contribution in [3.63, 3.8) is 0 Å². The van der Waals surface area contributed by atoms with Crippen molar-refractivity contribution in [3.05, 3.63) is 53.6 Å². The molecule has 1 heterocycles. The Morgan fingerprint density at radius 1 is 1.09 bits per heavy atom. The van der Waals surface area contributed by atoms with Gasteiger partial charge in [-0.25, -0.2) is 4.79 Å². The summed E-state index contributed by atoms with van der Waals surface area (Å²) in [5.74, 6) is 0.532. The summed E-state index contributed by atoms with van der Waals surface area (Å²) in [6.07, 6.45) is 4.44. The summed E-state index contributed by atoms with van der Waals surface area (Å²) in [6.45, 7) is 4.63. The Bertz CT molecular complexity index is 1290. The van der Waals surface area contributed by atoms with Crippen molar-refractivity contribution in [3.8, 4) is 17.3 Å². The zero-order chi connectivity index (χ0) is 23.8. The first kappa shape index (κ1) is 22.0. The third kappa shape index (κ3) is 4.62. The summed E-state index contributed by atoms with van der Waals surface area (Å²) < 4.78 is 2.20. The molecule has 2 aromatic carbocycles. The number of nitrogens with zero attached hydrogens (tertiary/aromatic N) is 2. The Labute approximate surface area is 199 Å². The monoisotopic (exact) mass is 455 g/mol. The van der Waals surface area contributed by atoms with Crippen LogP contribution in [0.15, 0.2) is 42.5 Å². The molecule has 3 amide bonds. The average molecular weight is 456 g/mol. The number of hydrogen-bond donors (Lipinski definition) is 3. The van der Waals surface area contributed by atoms with Gasteiger partial charge in [0, 0.05) is 35.3 Å². The third-order valence-corrected chi connectivity index (χ3v) is 6.32. The molecular formula is C27H29N5O2. The van der Waals surface area contributed by atoms with Crippen LogP contribution in [-0.4, -0.2) is 28.6 Å². The zero-order valence-corrected chi connectivity index (χ0v) is 19.5. The molecule has 2 aliphatic carbocycles. The van der Waals surface area contributed by atoms with E-state index in [-0.39, 0.29) is 18.0 Å². The van der Waals surface area contributed by atoms with Crippen molar-refractivity contribution in [2.75, 3.05) is 5.32 Å². The summed E-state index contributed by atoms with van der Waals surface area (Å²) in [4.78, 5) is 24.7. The molecule has 0 spiro atoms. The predicted octanol–water partition coefficient (Wildman–Crippen LogP) is 5.01. The fraction of sp³-hybridized carbons (Fsp3) is 0.370. The molecule has 3 aromatic rings. The van der Waals surface area contributed by atoms with Crippen molar-refractivity contribution >= 4 is 28.5 Å². The molecule has 3 N–H and O–H groups in total. The minimum Gasteiger partial charge on any atom is -0.349 e. The number of fused-ring (bicyclic) bond motifs is 1. The van der Waals surface area contributed by atoms with E-state index in [0.29, 0.717) is 28.8 Å². The van der Waals surface area contributed by atoms with Gasteiger partial charge in [-0.15, -0.1) is 0 Å². The molecule has 5 rings (SSSR count). The van der Waals surface area contributed by atoms with Crippen molar-refractivity contribution < 1.29 is 9.59 Å². The van der Waals surface area contributed by atoms with E-state index in [0.717, 1.165) is 41.5 Å². The molecule has 0 radical (unpaired) electrons. The van der Waals surface area contributed by atoms with Crippen LogP contribution < -0.4 is 16.0 Å². The first-order valence-electron chi connectivity index (χ1n) is 12.0. The maximum absolute atomic E-state index is 12.7. The number of carbonyl (C=O) groups is 2. The number of nitrogens with one attached hydrogen (secondary N) is 3. The van der Waals surface area contributed by atoms with Crippen LogP contribution in [0.4, 0.5) is 10.5 Å². The molecular weight excluding hydrogens is 426 g/mol. The van der Waals surface area contributed by atoms with Gasteiger partial charge in [0.05, 0.1) is 16.8 Å². The summed E-state index contributed by atoms with van der Waals surface area (Å²) >= 11 is 0. The van der Waals surface area contributed by atoms with Gasteiger partial charge in [-0.3, -0.25) is 4.79 Å². The molecule has 7 heteroatoms. The second kappa shape index (κ2) is 8.86. The van der Waals surface area contributed by atoms with E-state index in [4.69, 9.17) is 0 Å². The van der Waals surface area contributed by atoms with Gasteiger partial charge in [0.2, 0.25) is 0 Å². The number of amides is 3. The molecule has 0 saturated heterocycles. The van der Waals surface area contributed by atoms with E-state index < -0.39 is 0 Å². The lowest BCUT2D eigenvalue weighted by molar-refractivity contribution is 0.0951. The van der Waals surface area contributed by atoms with Crippen molar-refractivity contribution in [2.24, 2.45) is 5.92 Å². The lowest BCUT2D eigenvalue weighted by Gasteiger charge is -2.13. The van der Waals surface area contributed by atoms with Crippen LogP contribution in [0.1, 0.15) is 55.5 Å². The van der Waals surface area contributed by atoms with Gasteiger partial charge in [0.25, 0.3) is 5.91 Å². The number of hydrogen-bond acceptors (Lipinski definition) is 3. The van der Waals surface area contributed by atoms with Crippen LogP contribution in [0.2, 0.25) is 0 Å². The second-order valence-electron chi connectivity index (χ2n) is 9.70. The highest BCUT2D eigenvalue weighted by atomic mass is 16.2. The molecule has 0 bridgehead atoms. The molecule has 2 saturated carbocycles. The van der Waals surface area contributed by atoms with E-state index in [2.05, 4.69) is 26.6 Å². The van der Waals surface area contributed by atoms with Crippen LogP contribution in [0.3, 0.4) is 0 Å². The van der Waals surface area contributed by atoms with Crippen LogP contribution in [0.25, 0.3) is 22.2 Å². The fourth-order valence-electron chi connectivity index (χ4n) is 4.29. The SMILES string of the molecule is CC(C)NC(=O)Nc1ccc(-c2c(C#N)c3ccc(C(=O)NC4CC4)cc3n2CC2CC2)cc1. The Morgan fingerprint density at radius 2 is 1.82 bits per heavy atom. The number of aromatic nitrogens is 1. The minimum atomic E-state index is -0.250. The van der Waals surface area contributed by atoms with Crippen LogP contribution in [-0.2, 0) is 6.54 Å². The topological polar surface area (TPSA) is 99.0 Å². The van der Waals surface area contributed by atoms with Gasteiger partial charge in [0.15, 0.2) is 0 Å². The molecule has 7 nitrogen and oxygen atoms in total. The van der Waals surface area contributed by atoms with Crippen molar-refractivity contribution in [1.29, 1.82) is 5.26 Å². The Balaban J connectivity index is 1.53. The summed E-state index contributed by atoms with van der Waals surface area (Å²) in [7, 11) is 0. The highest BCUT2D eigenvalue weighted by Gasteiger charge is 2.28. The van der Waals surface area contributed by atoms with Crippen molar-refractivity contribution in [1.82, 2.24) is 15.2 Å². The molecule has 2 aliphatic rings. The van der Waals surface area contributed by atoms with Gasteiger partial charge >= 0.3 is 6.03 Å². The van der Waals surface area contributed by atoms with Crippen molar-refractivity contribution in [2.45, 2.75) is 58.2 Å². The Hall–Kier alpha value is -3.79. The lowest BCUT2D eigenvalue weighted by Crippen LogP contribution is -2.34. The van der Waals surface area contributed by atoms with Gasteiger partial charge < -0.3 is 20.5 Å². The highest BCUT2D eigenvalue weighted by Crippen LogP contribution is 2.39. The molecule has 174 valence electrons.